The maximum Gasteiger partial charge on any atom is 0.322 e. The van der Waals surface area contributed by atoms with Gasteiger partial charge in [0.15, 0.2) is 0 Å². The van der Waals surface area contributed by atoms with E-state index < -0.39 is 0 Å². The second-order valence-electron chi connectivity index (χ2n) is 9.32. The molecule has 3 rings (SSSR count). The van der Waals surface area contributed by atoms with E-state index in [1.54, 1.807) is 41.4 Å². The summed E-state index contributed by atoms with van der Waals surface area (Å²) in [5, 5.41) is 5.80. The smallest absolute Gasteiger partial charge is 0.322 e. The van der Waals surface area contributed by atoms with Crippen molar-refractivity contribution in [1.29, 1.82) is 0 Å². The average Bonchev–Trinajstić information content (AvgIpc) is 2.91. The van der Waals surface area contributed by atoms with E-state index in [-0.39, 0.29) is 17.6 Å². The maximum atomic E-state index is 13.2. The molecule has 0 radical (unpaired) electrons. The summed E-state index contributed by atoms with van der Waals surface area (Å²) in [5.74, 6) is -0.344. The van der Waals surface area contributed by atoms with Gasteiger partial charge in [-0.3, -0.25) is 9.78 Å². The van der Waals surface area contributed by atoms with Gasteiger partial charge in [0, 0.05) is 43.8 Å². The zero-order valence-electron chi connectivity index (χ0n) is 22.8. The second-order valence-corrected chi connectivity index (χ2v) is 9.32. The number of para-hydroxylation sites is 2. The highest BCUT2D eigenvalue weighted by Gasteiger charge is 2.16. The van der Waals surface area contributed by atoms with Crippen molar-refractivity contribution in [2.24, 2.45) is 0 Å². The van der Waals surface area contributed by atoms with Gasteiger partial charge < -0.3 is 31.1 Å². The monoisotopic (exact) mass is 517 g/mol. The number of nitrogens with zero attached hydrogens (tertiary/aromatic N) is 4. The summed E-state index contributed by atoms with van der Waals surface area (Å²) in [4.78, 5) is 36.3. The molecule has 2 aromatic carbocycles. The molecule has 3 amide bonds. The highest BCUT2D eigenvalue weighted by Crippen LogP contribution is 2.19. The number of nitrogens with two attached hydrogens (primary N) is 1. The quantitative estimate of drug-likeness (QED) is 0.300. The first kappa shape index (κ1) is 28.5. The molecule has 9 nitrogen and oxygen atoms in total. The fraction of sp³-hybridized carbons (Fsp3) is 0.345. The number of hydrogen-bond donors (Lipinski definition) is 3. The van der Waals surface area contributed by atoms with Crippen LogP contribution < -0.4 is 21.3 Å². The Balaban J connectivity index is 1.67. The topological polar surface area (TPSA) is 107 Å². The number of pyridine rings is 1. The van der Waals surface area contributed by atoms with Gasteiger partial charge in [-0.1, -0.05) is 18.2 Å². The average molecular weight is 518 g/mol. The van der Waals surface area contributed by atoms with Crippen molar-refractivity contribution >= 4 is 34.7 Å². The van der Waals surface area contributed by atoms with Crippen LogP contribution in [0.5, 0.6) is 0 Å². The van der Waals surface area contributed by atoms with E-state index in [2.05, 4.69) is 39.3 Å². The van der Waals surface area contributed by atoms with Gasteiger partial charge >= 0.3 is 6.03 Å². The number of anilines is 4. The number of urea groups is 1. The van der Waals surface area contributed by atoms with E-state index in [9.17, 15) is 9.59 Å². The Morgan fingerprint density at radius 2 is 1.61 bits per heavy atom. The number of hydrogen-bond acceptors (Lipinski definition) is 6. The van der Waals surface area contributed by atoms with Crippen LogP contribution in [0.4, 0.5) is 27.5 Å². The van der Waals surface area contributed by atoms with Crippen molar-refractivity contribution in [2.75, 3.05) is 61.5 Å². The van der Waals surface area contributed by atoms with Gasteiger partial charge in [-0.2, -0.15) is 0 Å². The standard InChI is InChI=1S/C29H39N7O2/c1-5-35(6-2)24-15-13-23(14-16-24)32-29(38)36(19-9-18-34(3)4)21-22-12-17-27(31-20-22)28(37)33-26-11-8-7-10-25(26)30/h7-8,10-17,20H,5-6,9,18-19,21,30H2,1-4H3,(H,32,38)(H,33,37). The van der Waals surface area contributed by atoms with Crippen molar-refractivity contribution in [3.63, 3.8) is 0 Å². The number of aromatic nitrogens is 1. The third-order valence-electron chi connectivity index (χ3n) is 6.21. The van der Waals surface area contributed by atoms with Crippen molar-refractivity contribution in [1.82, 2.24) is 14.8 Å². The van der Waals surface area contributed by atoms with Crippen LogP contribution >= 0.6 is 0 Å². The summed E-state index contributed by atoms with van der Waals surface area (Å²) in [5.41, 5.74) is 9.92. The molecule has 0 saturated carbocycles. The molecule has 0 aliphatic carbocycles. The highest BCUT2D eigenvalue weighted by atomic mass is 16.2. The van der Waals surface area contributed by atoms with Crippen LogP contribution in [0.2, 0.25) is 0 Å². The minimum Gasteiger partial charge on any atom is -0.397 e. The number of nitrogens with one attached hydrogen (secondary N) is 2. The van der Waals surface area contributed by atoms with Crippen molar-refractivity contribution < 1.29 is 9.59 Å². The molecule has 202 valence electrons. The van der Waals surface area contributed by atoms with E-state index in [1.165, 1.54) is 0 Å². The largest absolute Gasteiger partial charge is 0.397 e. The van der Waals surface area contributed by atoms with Crippen LogP contribution in [-0.2, 0) is 6.54 Å². The number of carbonyl (C=O) groups excluding carboxylic acids is 2. The van der Waals surface area contributed by atoms with Crippen LogP contribution in [0.1, 0.15) is 36.3 Å². The minimum absolute atomic E-state index is 0.180. The Hall–Kier alpha value is -4.11. The van der Waals surface area contributed by atoms with Gasteiger partial charge in [0.25, 0.3) is 5.91 Å². The van der Waals surface area contributed by atoms with Gasteiger partial charge in [-0.05, 0) is 88.9 Å². The van der Waals surface area contributed by atoms with Crippen LogP contribution in [0.25, 0.3) is 0 Å². The molecule has 0 unspecified atom stereocenters. The summed E-state index contributed by atoms with van der Waals surface area (Å²) < 4.78 is 0. The summed E-state index contributed by atoms with van der Waals surface area (Å²) >= 11 is 0. The van der Waals surface area contributed by atoms with Gasteiger partial charge in [0.1, 0.15) is 5.69 Å². The van der Waals surface area contributed by atoms with Crippen LogP contribution in [0.3, 0.4) is 0 Å². The lowest BCUT2D eigenvalue weighted by Gasteiger charge is -2.25. The molecule has 3 aromatic rings. The van der Waals surface area contributed by atoms with Crippen LogP contribution in [0, 0.1) is 0 Å². The number of rotatable bonds is 12. The SMILES string of the molecule is CCN(CC)c1ccc(NC(=O)N(CCCN(C)C)Cc2ccc(C(=O)Nc3ccccc3N)nc2)cc1. The molecule has 38 heavy (non-hydrogen) atoms. The predicted octanol–water partition coefficient (Wildman–Crippen LogP) is 4.75. The first-order valence-electron chi connectivity index (χ1n) is 13.0. The number of nitrogen functional groups attached to an aromatic ring is 1. The molecule has 1 aromatic heterocycles. The first-order chi connectivity index (χ1) is 18.3. The summed E-state index contributed by atoms with van der Waals surface area (Å²) in [7, 11) is 4.03. The fourth-order valence-corrected chi connectivity index (χ4v) is 4.05. The summed E-state index contributed by atoms with van der Waals surface area (Å²) in [6, 6.07) is 18.3. The van der Waals surface area contributed by atoms with E-state index in [0.29, 0.717) is 24.5 Å². The van der Waals surface area contributed by atoms with Gasteiger partial charge in [-0.15, -0.1) is 0 Å². The van der Waals surface area contributed by atoms with Crippen LogP contribution in [-0.4, -0.2) is 67.0 Å². The molecule has 4 N–H and O–H groups in total. The Morgan fingerprint density at radius 1 is 0.895 bits per heavy atom. The molecule has 0 saturated heterocycles. The van der Waals surface area contributed by atoms with E-state index in [1.807, 2.05) is 44.4 Å². The minimum atomic E-state index is -0.344. The van der Waals surface area contributed by atoms with Crippen molar-refractivity contribution in [2.45, 2.75) is 26.8 Å². The number of amides is 3. The second kappa shape index (κ2) is 14.0. The molecule has 0 spiro atoms. The lowest BCUT2D eigenvalue weighted by molar-refractivity contribution is 0.102. The van der Waals surface area contributed by atoms with Gasteiger partial charge in [0.05, 0.1) is 11.4 Å². The highest BCUT2D eigenvalue weighted by molar-refractivity contribution is 6.04. The number of carbonyl (C=O) groups is 2. The van der Waals surface area contributed by atoms with Crippen LogP contribution in [0.15, 0.2) is 66.9 Å². The van der Waals surface area contributed by atoms with Crippen molar-refractivity contribution in [3.8, 4) is 0 Å². The van der Waals surface area contributed by atoms with Crippen molar-refractivity contribution in [3.05, 3.63) is 78.1 Å². The Kier molecular flexibility index (Phi) is 10.5. The fourth-order valence-electron chi connectivity index (χ4n) is 4.05. The zero-order valence-corrected chi connectivity index (χ0v) is 22.8. The van der Waals surface area contributed by atoms with Gasteiger partial charge in [0.2, 0.25) is 0 Å². The maximum absolute atomic E-state index is 13.2. The normalized spacial score (nSPS) is 10.8. The Labute approximate surface area is 225 Å². The van der Waals surface area contributed by atoms with Gasteiger partial charge in [-0.25, -0.2) is 4.79 Å². The Bertz CT molecular complexity index is 1180. The molecule has 1 heterocycles. The van der Waals surface area contributed by atoms with E-state index in [0.717, 1.165) is 43.0 Å². The molecule has 9 heteroatoms. The molecule has 0 aliphatic heterocycles. The summed E-state index contributed by atoms with van der Waals surface area (Å²) in [6.45, 7) is 7.92. The zero-order chi connectivity index (χ0) is 27.5. The third-order valence-corrected chi connectivity index (χ3v) is 6.21. The molecule has 0 bridgehead atoms. The predicted molar refractivity (Wildman–Crippen MR) is 156 cm³/mol. The lowest BCUT2D eigenvalue weighted by atomic mass is 10.2. The van der Waals surface area contributed by atoms with E-state index >= 15 is 0 Å². The van der Waals surface area contributed by atoms with E-state index in [4.69, 9.17) is 5.73 Å². The molecular formula is C29H39N7O2. The molecule has 0 atom stereocenters. The summed E-state index contributed by atoms with van der Waals surface area (Å²) in [6.07, 6.45) is 2.46. The number of benzene rings is 2. The lowest BCUT2D eigenvalue weighted by Crippen LogP contribution is -2.36. The molecule has 0 aliphatic rings. The molecular weight excluding hydrogens is 478 g/mol. The molecule has 0 fully saturated rings. The Morgan fingerprint density at radius 3 is 2.21 bits per heavy atom. The first-order valence-corrected chi connectivity index (χ1v) is 13.0. The third kappa shape index (κ3) is 8.21.